The fourth-order valence-corrected chi connectivity index (χ4v) is 5.20. The highest BCUT2D eigenvalue weighted by atomic mass is 19.2. The van der Waals surface area contributed by atoms with Gasteiger partial charge in [0.25, 0.3) is 0 Å². The maximum absolute atomic E-state index is 14.0. The molecule has 2 heterocycles. The van der Waals surface area contributed by atoms with E-state index in [0.717, 1.165) is 24.5 Å². The van der Waals surface area contributed by atoms with Crippen molar-refractivity contribution in [1.82, 2.24) is 10.2 Å². The lowest BCUT2D eigenvalue weighted by atomic mass is 9.82. The number of benzene rings is 2. The van der Waals surface area contributed by atoms with Gasteiger partial charge in [0.1, 0.15) is 12.2 Å². The van der Waals surface area contributed by atoms with E-state index in [1.807, 2.05) is 35.2 Å². The maximum atomic E-state index is 14.0. The third-order valence-corrected chi connectivity index (χ3v) is 6.85. The molecule has 0 radical (unpaired) electrons. The molecule has 2 aromatic carbocycles. The SMILES string of the molecule is N[C@H](Cc1cc(F)c(F)cc1F)C1C[C@H]2CC[C@@H](C1)N2C(=O)CC(=O)NCc1ccccc1. The summed E-state index contributed by atoms with van der Waals surface area (Å²) in [6.45, 7) is 0.372. The van der Waals surface area contributed by atoms with E-state index in [1.165, 1.54) is 0 Å². The number of nitrogens with zero attached hydrogens (tertiary/aromatic N) is 1. The first-order valence-electron chi connectivity index (χ1n) is 11.3. The standard InChI is InChI=1S/C25H28F3N3O2/c26-20-12-22(28)21(27)10-16(20)11-23(29)17-8-18-6-7-19(9-17)31(18)25(33)13-24(32)30-14-15-4-2-1-3-5-15/h1-5,10,12,17-19,23H,6-9,11,13-14,29H2,(H,30,32)/t17?,18-,19+,23-/m1/s1. The predicted octanol–water partition coefficient (Wildman–Crippen LogP) is 3.45. The van der Waals surface area contributed by atoms with E-state index < -0.39 is 23.5 Å². The van der Waals surface area contributed by atoms with E-state index in [1.54, 1.807) is 0 Å². The molecular formula is C25H28F3N3O2. The smallest absolute Gasteiger partial charge is 0.232 e. The molecule has 0 aliphatic carbocycles. The Morgan fingerprint density at radius 3 is 2.30 bits per heavy atom. The molecule has 0 spiro atoms. The molecule has 2 bridgehead atoms. The first-order valence-corrected chi connectivity index (χ1v) is 11.3. The van der Waals surface area contributed by atoms with Gasteiger partial charge in [-0.1, -0.05) is 30.3 Å². The molecular weight excluding hydrogens is 431 g/mol. The Kier molecular flexibility index (Phi) is 7.02. The van der Waals surface area contributed by atoms with Gasteiger partial charge in [-0.05, 0) is 55.2 Å². The lowest BCUT2D eigenvalue weighted by molar-refractivity contribution is -0.140. The Morgan fingerprint density at radius 1 is 1.00 bits per heavy atom. The zero-order valence-electron chi connectivity index (χ0n) is 18.3. The van der Waals surface area contributed by atoms with Crippen LogP contribution in [-0.4, -0.2) is 34.8 Å². The van der Waals surface area contributed by atoms with Crippen LogP contribution < -0.4 is 11.1 Å². The molecule has 4 atom stereocenters. The fourth-order valence-electron chi connectivity index (χ4n) is 5.20. The molecule has 8 heteroatoms. The van der Waals surface area contributed by atoms with Gasteiger partial charge in [-0.15, -0.1) is 0 Å². The molecule has 3 N–H and O–H groups in total. The molecule has 33 heavy (non-hydrogen) atoms. The van der Waals surface area contributed by atoms with Crippen molar-refractivity contribution in [3.05, 3.63) is 71.0 Å². The second kappa shape index (κ2) is 9.95. The normalized spacial score (nSPS) is 22.8. The van der Waals surface area contributed by atoms with E-state index in [0.29, 0.717) is 25.5 Å². The van der Waals surface area contributed by atoms with Gasteiger partial charge in [0.2, 0.25) is 11.8 Å². The number of halogens is 3. The topological polar surface area (TPSA) is 75.4 Å². The van der Waals surface area contributed by atoms with Crippen molar-refractivity contribution in [2.24, 2.45) is 11.7 Å². The van der Waals surface area contributed by atoms with Crippen LogP contribution in [-0.2, 0) is 22.6 Å². The van der Waals surface area contributed by atoms with Gasteiger partial charge >= 0.3 is 0 Å². The van der Waals surface area contributed by atoms with Crippen LogP contribution in [0, 0.1) is 23.4 Å². The summed E-state index contributed by atoms with van der Waals surface area (Å²) in [5.74, 6) is -3.58. The minimum atomic E-state index is -1.22. The zero-order valence-corrected chi connectivity index (χ0v) is 18.3. The highest BCUT2D eigenvalue weighted by Crippen LogP contribution is 2.40. The van der Waals surface area contributed by atoms with Crippen molar-refractivity contribution in [2.75, 3.05) is 0 Å². The largest absolute Gasteiger partial charge is 0.352 e. The Balaban J connectivity index is 1.31. The van der Waals surface area contributed by atoms with Crippen LogP contribution in [0.25, 0.3) is 0 Å². The van der Waals surface area contributed by atoms with Crippen molar-refractivity contribution in [3.8, 4) is 0 Å². The Bertz CT molecular complexity index is 1000. The fraction of sp³-hybridized carbons (Fsp3) is 0.440. The molecule has 0 aromatic heterocycles. The molecule has 5 nitrogen and oxygen atoms in total. The number of carbonyl (C=O) groups is 2. The molecule has 1 unspecified atom stereocenters. The van der Waals surface area contributed by atoms with Crippen molar-refractivity contribution >= 4 is 11.8 Å². The van der Waals surface area contributed by atoms with E-state index in [9.17, 15) is 22.8 Å². The second-order valence-corrected chi connectivity index (χ2v) is 9.08. The summed E-state index contributed by atoms with van der Waals surface area (Å²) in [5, 5.41) is 2.79. The summed E-state index contributed by atoms with van der Waals surface area (Å²) in [4.78, 5) is 27.0. The Morgan fingerprint density at radius 2 is 1.64 bits per heavy atom. The molecule has 4 rings (SSSR count). The van der Waals surface area contributed by atoms with Crippen LogP contribution in [0.4, 0.5) is 13.2 Å². The highest BCUT2D eigenvalue weighted by Gasteiger charge is 2.44. The van der Waals surface area contributed by atoms with Gasteiger partial charge in [-0.25, -0.2) is 13.2 Å². The lowest BCUT2D eigenvalue weighted by Gasteiger charge is -2.41. The first-order chi connectivity index (χ1) is 15.8. The quantitative estimate of drug-likeness (QED) is 0.492. The van der Waals surface area contributed by atoms with Gasteiger partial charge in [-0.2, -0.15) is 0 Å². The van der Waals surface area contributed by atoms with Gasteiger partial charge in [0, 0.05) is 30.7 Å². The number of piperidine rings is 1. The molecule has 2 aliphatic heterocycles. The molecule has 0 saturated carbocycles. The van der Waals surface area contributed by atoms with E-state index in [2.05, 4.69) is 5.32 Å². The minimum absolute atomic E-state index is 0.0102. The number of nitrogens with one attached hydrogen (secondary N) is 1. The summed E-state index contributed by atoms with van der Waals surface area (Å²) >= 11 is 0. The predicted molar refractivity (Wildman–Crippen MR) is 117 cm³/mol. The maximum Gasteiger partial charge on any atom is 0.232 e. The highest BCUT2D eigenvalue weighted by molar-refractivity contribution is 5.97. The van der Waals surface area contributed by atoms with Crippen molar-refractivity contribution in [3.63, 3.8) is 0 Å². The van der Waals surface area contributed by atoms with Crippen LogP contribution in [0.1, 0.15) is 43.2 Å². The Labute approximate surface area is 191 Å². The minimum Gasteiger partial charge on any atom is -0.352 e. The number of amides is 2. The number of carbonyl (C=O) groups excluding carboxylic acids is 2. The summed E-state index contributed by atoms with van der Waals surface area (Å²) in [6, 6.07) is 10.4. The second-order valence-electron chi connectivity index (χ2n) is 9.08. The van der Waals surface area contributed by atoms with Gasteiger partial charge in [0.05, 0.1) is 0 Å². The van der Waals surface area contributed by atoms with Crippen LogP contribution in [0.15, 0.2) is 42.5 Å². The summed E-state index contributed by atoms with van der Waals surface area (Å²) in [7, 11) is 0. The molecule has 2 fully saturated rings. The van der Waals surface area contributed by atoms with Gasteiger partial charge in [-0.3, -0.25) is 9.59 Å². The van der Waals surface area contributed by atoms with Crippen molar-refractivity contribution in [2.45, 2.75) is 63.2 Å². The third kappa shape index (κ3) is 5.38. The monoisotopic (exact) mass is 459 g/mol. The van der Waals surface area contributed by atoms with Crippen molar-refractivity contribution < 1.29 is 22.8 Å². The van der Waals surface area contributed by atoms with E-state index >= 15 is 0 Å². The lowest BCUT2D eigenvalue weighted by Crippen LogP contribution is -2.51. The average Bonchev–Trinajstić information content (AvgIpc) is 3.06. The molecule has 176 valence electrons. The Hall–Kier alpha value is -2.87. The molecule has 2 aliphatic rings. The number of rotatable bonds is 7. The van der Waals surface area contributed by atoms with Crippen LogP contribution in [0.5, 0.6) is 0 Å². The first kappa shape index (κ1) is 23.3. The van der Waals surface area contributed by atoms with E-state index in [-0.39, 0.29) is 48.2 Å². The number of fused-ring (bicyclic) bond motifs is 2. The summed E-state index contributed by atoms with van der Waals surface area (Å²) in [5.41, 5.74) is 7.36. The number of hydrogen-bond donors (Lipinski definition) is 2. The van der Waals surface area contributed by atoms with Crippen molar-refractivity contribution in [1.29, 1.82) is 0 Å². The molecule has 2 amide bonds. The van der Waals surface area contributed by atoms with Crippen LogP contribution >= 0.6 is 0 Å². The number of nitrogens with two attached hydrogens (primary N) is 1. The molecule has 2 aromatic rings. The molecule has 2 saturated heterocycles. The average molecular weight is 460 g/mol. The number of hydrogen-bond acceptors (Lipinski definition) is 3. The summed E-state index contributed by atoms with van der Waals surface area (Å²) in [6.07, 6.45) is 2.88. The zero-order chi connectivity index (χ0) is 23.5. The third-order valence-electron chi connectivity index (χ3n) is 6.85. The van der Waals surface area contributed by atoms with Gasteiger partial charge < -0.3 is 16.0 Å². The summed E-state index contributed by atoms with van der Waals surface area (Å²) < 4.78 is 40.7. The van der Waals surface area contributed by atoms with Crippen LogP contribution in [0.3, 0.4) is 0 Å². The van der Waals surface area contributed by atoms with E-state index in [4.69, 9.17) is 5.73 Å². The van der Waals surface area contributed by atoms with Gasteiger partial charge in [0.15, 0.2) is 11.6 Å². The van der Waals surface area contributed by atoms with Crippen LogP contribution in [0.2, 0.25) is 0 Å².